The molecule has 3 saturated heterocycles. The maximum Gasteiger partial charge on any atom is 0.222 e. The van der Waals surface area contributed by atoms with Crippen LogP contribution >= 0.6 is 24.8 Å². The SMILES string of the molecule is Cl.Cl.O=C(CCC1CCNCC1)N1CCCC(CN2CCCCCC2)C1. The Bertz CT molecular complexity index is 383. The van der Waals surface area contributed by atoms with Crippen LogP contribution in [-0.2, 0) is 4.79 Å². The molecule has 26 heavy (non-hydrogen) atoms. The highest BCUT2D eigenvalue weighted by molar-refractivity contribution is 5.85. The molecule has 3 heterocycles. The molecule has 3 rings (SSSR count). The van der Waals surface area contributed by atoms with Gasteiger partial charge >= 0.3 is 0 Å². The summed E-state index contributed by atoms with van der Waals surface area (Å²) in [6.07, 6.45) is 12.5. The summed E-state index contributed by atoms with van der Waals surface area (Å²) >= 11 is 0. The van der Waals surface area contributed by atoms with Gasteiger partial charge in [0.15, 0.2) is 0 Å². The van der Waals surface area contributed by atoms with Gasteiger partial charge in [-0.1, -0.05) is 12.8 Å². The molecule has 3 aliphatic heterocycles. The zero-order valence-electron chi connectivity index (χ0n) is 16.3. The Hall–Kier alpha value is -0.0300. The number of amides is 1. The van der Waals surface area contributed by atoms with Gasteiger partial charge in [0.1, 0.15) is 0 Å². The van der Waals surface area contributed by atoms with Gasteiger partial charge in [0.2, 0.25) is 5.91 Å². The largest absolute Gasteiger partial charge is 0.342 e. The van der Waals surface area contributed by atoms with Gasteiger partial charge in [-0.15, -0.1) is 24.8 Å². The van der Waals surface area contributed by atoms with Gasteiger partial charge in [0, 0.05) is 26.1 Å². The van der Waals surface area contributed by atoms with Crippen LogP contribution in [-0.4, -0.2) is 61.5 Å². The molecule has 3 fully saturated rings. The summed E-state index contributed by atoms with van der Waals surface area (Å²) in [5.41, 5.74) is 0. The Balaban J connectivity index is 0.00000169. The number of carbonyl (C=O) groups excluding carboxylic acids is 1. The zero-order valence-corrected chi connectivity index (χ0v) is 17.9. The van der Waals surface area contributed by atoms with Crippen molar-refractivity contribution in [3.8, 4) is 0 Å². The molecule has 1 unspecified atom stereocenters. The van der Waals surface area contributed by atoms with Crippen LogP contribution in [0.25, 0.3) is 0 Å². The first-order chi connectivity index (χ1) is 11.8. The molecule has 1 atom stereocenters. The minimum Gasteiger partial charge on any atom is -0.342 e. The topological polar surface area (TPSA) is 35.6 Å². The summed E-state index contributed by atoms with van der Waals surface area (Å²) in [6, 6.07) is 0. The summed E-state index contributed by atoms with van der Waals surface area (Å²) in [4.78, 5) is 17.5. The Morgan fingerprint density at radius 3 is 2.23 bits per heavy atom. The first kappa shape index (κ1) is 24.0. The van der Waals surface area contributed by atoms with E-state index in [1.165, 1.54) is 71.0 Å². The average Bonchev–Trinajstić information content (AvgIpc) is 2.89. The van der Waals surface area contributed by atoms with E-state index >= 15 is 0 Å². The van der Waals surface area contributed by atoms with Crippen molar-refractivity contribution < 1.29 is 4.79 Å². The lowest BCUT2D eigenvalue weighted by Gasteiger charge is -2.36. The lowest BCUT2D eigenvalue weighted by atomic mass is 9.92. The fourth-order valence-electron chi connectivity index (χ4n) is 4.78. The number of hydrogen-bond acceptors (Lipinski definition) is 3. The van der Waals surface area contributed by atoms with Crippen molar-refractivity contribution in [3.05, 3.63) is 0 Å². The normalized spacial score (nSPS) is 25.7. The highest BCUT2D eigenvalue weighted by atomic mass is 35.5. The molecule has 6 heteroatoms. The molecule has 1 amide bonds. The summed E-state index contributed by atoms with van der Waals surface area (Å²) < 4.78 is 0. The monoisotopic (exact) mass is 407 g/mol. The van der Waals surface area contributed by atoms with E-state index in [-0.39, 0.29) is 24.8 Å². The van der Waals surface area contributed by atoms with Crippen LogP contribution in [0, 0.1) is 11.8 Å². The standard InChI is InChI=1S/C20H37N3O.2ClH/c24-20(8-7-18-9-11-21-12-10-18)23-15-5-6-19(17-23)16-22-13-3-1-2-4-14-22;;/h18-19,21H,1-17H2;2*1H. The van der Waals surface area contributed by atoms with Crippen LogP contribution in [0.1, 0.15) is 64.2 Å². The van der Waals surface area contributed by atoms with Crippen molar-refractivity contribution in [2.24, 2.45) is 11.8 Å². The molecule has 0 bridgehead atoms. The molecule has 0 saturated carbocycles. The van der Waals surface area contributed by atoms with Crippen LogP contribution in [0.5, 0.6) is 0 Å². The van der Waals surface area contributed by atoms with Crippen molar-refractivity contribution in [1.82, 2.24) is 15.1 Å². The van der Waals surface area contributed by atoms with E-state index in [4.69, 9.17) is 0 Å². The van der Waals surface area contributed by atoms with Crippen LogP contribution in [0.15, 0.2) is 0 Å². The van der Waals surface area contributed by atoms with Gasteiger partial charge in [0.05, 0.1) is 0 Å². The quantitative estimate of drug-likeness (QED) is 0.753. The van der Waals surface area contributed by atoms with Crippen molar-refractivity contribution in [2.75, 3.05) is 45.8 Å². The summed E-state index contributed by atoms with van der Waals surface area (Å²) in [5.74, 6) is 1.90. The highest BCUT2D eigenvalue weighted by Gasteiger charge is 2.26. The molecule has 0 aromatic rings. The number of halogens is 2. The van der Waals surface area contributed by atoms with Gasteiger partial charge < -0.3 is 15.1 Å². The predicted octanol–water partition coefficient (Wildman–Crippen LogP) is 3.72. The molecule has 3 aliphatic rings. The first-order valence-electron chi connectivity index (χ1n) is 10.5. The third kappa shape index (κ3) is 7.92. The van der Waals surface area contributed by atoms with E-state index in [9.17, 15) is 4.79 Å². The minimum atomic E-state index is 0. The fourth-order valence-corrected chi connectivity index (χ4v) is 4.78. The number of likely N-dealkylation sites (tertiary alicyclic amines) is 2. The second-order valence-corrected chi connectivity index (χ2v) is 8.29. The Kier molecular flexibility index (Phi) is 12.2. The molecule has 154 valence electrons. The zero-order chi connectivity index (χ0) is 16.6. The van der Waals surface area contributed by atoms with E-state index in [1.807, 2.05) is 0 Å². The smallest absolute Gasteiger partial charge is 0.222 e. The molecule has 0 spiro atoms. The number of hydrogen-bond donors (Lipinski definition) is 1. The number of carbonyl (C=O) groups is 1. The molecule has 0 aromatic carbocycles. The maximum atomic E-state index is 12.6. The maximum absolute atomic E-state index is 12.6. The van der Waals surface area contributed by atoms with Crippen molar-refractivity contribution in [1.29, 1.82) is 0 Å². The van der Waals surface area contributed by atoms with Crippen molar-refractivity contribution in [3.63, 3.8) is 0 Å². The van der Waals surface area contributed by atoms with E-state index in [1.54, 1.807) is 0 Å². The van der Waals surface area contributed by atoms with E-state index in [2.05, 4.69) is 15.1 Å². The fraction of sp³-hybridized carbons (Fsp3) is 0.950. The molecule has 1 N–H and O–H groups in total. The van der Waals surface area contributed by atoms with E-state index in [0.717, 1.165) is 44.9 Å². The first-order valence-corrected chi connectivity index (χ1v) is 10.5. The Morgan fingerprint density at radius 1 is 0.846 bits per heavy atom. The number of rotatable bonds is 5. The van der Waals surface area contributed by atoms with Gasteiger partial charge in [-0.25, -0.2) is 0 Å². The van der Waals surface area contributed by atoms with Gasteiger partial charge in [-0.2, -0.15) is 0 Å². The lowest BCUT2D eigenvalue weighted by Crippen LogP contribution is -2.44. The second kappa shape index (κ2) is 13.2. The van der Waals surface area contributed by atoms with E-state index in [0.29, 0.717) is 11.8 Å². The van der Waals surface area contributed by atoms with E-state index < -0.39 is 0 Å². The van der Waals surface area contributed by atoms with Gasteiger partial charge in [-0.05, 0) is 83.0 Å². The molecular formula is C20H39Cl2N3O. The summed E-state index contributed by atoms with van der Waals surface area (Å²) in [5, 5.41) is 3.41. The molecule has 0 aliphatic carbocycles. The van der Waals surface area contributed by atoms with Crippen LogP contribution in [0.2, 0.25) is 0 Å². The van der Waals surface area contributed by atoms with Crippen molar-refractivity contribution in [2.45, 2.75) is 64.2 Å². The number of nitrogens with one attached hydrogen (secondary N) is 1. The van der Waals surface area contributed by atoms with Crippen LogP contribution < -0.4 is 5.32 Å². The summed E-state index contributed by atoms with van der Waals surface area (Å²) in [6.45, 7) is 8.07. The molecule has 4 nitrogen and oxygen atoms in total. The third-order valence-electron chi connectivity index (χ3n) is 6.31. The van der Waals surface area contributed by atoms with Gasteiger partial charge in [0.25, 0.3) is 0 Å². The Labute approximate surface area is 172 Å². The van der Waals surface area contributed by atoms with Crippen molar-refractivity contribution >= 4 is 30.7 Å². The average molecular weight is 408 g/mol. The minimum absolute atomic E-state index is 0. The lowest BCUT2D eigenvalue weighted by molar-refractivity contribution is -0.133. The molecule has 0 aromatic heterocycles. The van der Waals surface area contributed by atoms with Crippen LogP contribution in [0.3, 0.4) is 0 Å². The number of nitrogens with zero attached hydrogens (tertiary/aromatic N) is 2. The summed E-state index contributed by atoms with van der Waals surface area (Å²) in [7, 11) is 0. The highest BCUT2D eigenvalue weighted by Crippen LogP contribution is 2.22. The molecular weight excluding hydrogens is 369 g/mol. The predicted molar refractivity (Wildman–Crippen MR) is 114 cm³/mol. The van der Waals surface area contributed by atoms with Crippen LogP contribution in [0.4, 0.5) is 0 Å². The second-order valence-electron chi connectivity index (χ2n) is 8.29. The Morgan fingerprint density at radius 2 is 1.54 bits per heavy atom. The third-order valence-corrected chi connectivity index (χ3v) is 6.31. The van der Waals surface area contributed by atoms with Gasteiger partial charge in [-0.3, -0.25) is 4.79 Å². The molecule has 0 radical (unpaired) electrons. The number of piperidine rings is 2.